The summed E-state index contributed by atoms with van der Waals surface area (Å²) in [7, 11) is -4.16. The molecular weight excluding hydrogens is 529 g/mol. The van der Waals surface area contributed by atoms with Gasteiger partial charge in [-0.2, -0.15) is 0 Å². The van der Waals surface area contributed by atoms with Crippen molar-refractivity contribution in [3.8, 4) is 0 Å². The quantitative estimate of drug-likeness (QED) is 0.399. The van der Waals surface area contributed by atoms with Gasteiger partial charge in [-0.1, -0.05) is 41.9 Å². The normalized spacial score (nSPS) is 12.5. The minimum Gasteiger partial charge on any atom is -0.350 e. The molecule has 2 amide bonds. The molecule has 0 radical (unpaired) electrons. The lowest BCUT2D eigenvalue weighted by Gasteiger charge is -2.33. The molecule has 0 aliphatic heterocycles. The van der Waals surface area contributed by atoms with Crippen LogP contribution in [0.4, 0.5) is 10.1 Å². The highest BCUT2D eigenvalue weighted by Crippen LogP contribution is 2.26. The first-order valence-corrected chi connectivity index (χ1v) is 13.8. The molecule has 1 N–H and O–H groups in total. The second kappa shape index (κ2) is 12.0. The third kappa shape index (κ3) is 7.55. The van der Waals surface area contributed by atoms with Crippen molar-refractivity contribution in [3.05, 3.63) is 95.3 Å². The average Bonchev–Trinajstić information content (AvgIpc) is 2.86. The van der Waals surface area contributed by atoms with E-state index in [1.54, 1.807) is 25.1 Å². The van der Waals surface area contributed by atoms with Crippen molar-refractivity contribution in [1.82, 2.24) is 10.2 Å². The molecule has 0 fully saturated rings. The molecule has 0 heterocycles. The van der Waals surface area contributed by atoms with Crippen molar-refractivity contribution in [1.29, 1.82) is 0 Å². The lowest BCUT2D eigenvalue weighted by Crippen LogP contribution is -2.54. The molecule has 3 aromatic rings. The number of nitrogens with one attached hydrogen (secondary N) is 1. The zero-order chi connectivity index (χ0) is 28.1. The van der Waals surface area contributed by atoms with Crippen molar-refractivity contribution < 1.29 is 22.4 Å². The van der Waals surface area contributed by atoms with Gasteiger partial charge in [0.25, 0.3) is 10.0 Å². The summed E-state index contributed by atoms with van der Waals surface area (Å²) in [6.45, 7) is 6.42. The Morgan fingerprint density at radius 3 is 2.08 bits per heavy atom. The maximum absolute atomic E-state index is 13.8. The number of hydrogen-bond donors (Lipinski definition) is 1. The van der Waals surface area contributed by atoms with Crippen LogP contribution >= 0.6 is 11.6 Å². The SMILES string of the molecule is C[C@@H](C(=O)NC(C)(C)C)N(Cc1ccc(F)cc1)C(=O)CN(c1ccc(Cl)cc1)S(=O)(=O)c1ccccc1. The number of carbonyl (C=O) groups is 2. The van der Waals surface area contributed by atoms with Gasteiger partial charge in [0, 0.05) is 17.1 Å². The maximum atomic E-state index is 13.8. The van der Waals surface area contributed by atoms with Crippen LogP contribution < -0.4 is 9.62 Å². The number of halogens is 2. The lowest BCUT2D eigenvalue weighted by molar-refractivity contribution is -0.140. The van der Waals surface area contributed by atoms with Crippen LogP contribution in [0.3, 0.4) is 0 Å². The third-order valence-corrected chi connectivity index (χ3v) is 7.70. The van der Waals surface area contributed by atoms with Crippen molar-refractivity contribution in [2.45, 2.75) is 50.7 Å². The average molecular weight is 560 g/mol. The molecule has 0 bridgehead atoms. The maximum Gasteiger partial charge on any atom is 0.264 e. The zero-order valence-electron chi connectivity index (χ0n) is 21.7. The molecule has 0 spiro atoms. The molecule has 0 saturated carbocycles. The zero-order valence-corrected chi connectivity index (χ0v) is 23.3. The molecule has 3 rings (SSSR count). The number of sulfonamides is 1. The molecular formula is C28H31ClFN3O4S. The second-order valence-corrected chi connectivity index (χ2v) is 12.2. The highest BCUT2D eigenvalue weighted by atomic mass is 35.5. The van der Waals surface area contributed by atoms with Crippen LogP contribution in [-0.2, 0) is 26.2 Å². The Kier molecular flexibility index (Phi) is 9.17. The van der Waals surface area contributed by atoms with Gasteiger partial charge in [0.05, 0.1) is 10.6 Å². The van der Waals surface area contributed by atoms with Crippen molar-refractivity contribution in [3.63, 3.8) is 0 Å². The van der Waals surface area contributed by atoms with E-state index < -0.39 is 45.8 Å². The van der Waals surface area contributed by atoms with Crippen molar-refractivity contribution in [2.24, 2.45) is 0 Å². The molecule has 202 valence electrons. The molecule has 38 heavy (non-hydrogen) atoms. The van der Waals surface area contributed by atoms with Gasteiger partial charge >= 0.3 is 0 Å². The lowest BCUT2D eigenvalue weighted by atomic mass is 10.1. The van der Waals surface area contributed by atoms with Gasteiger partial charge in [-0.3, -0.25) is 13.9 Å². The Bertz CT molecular complexity index is 1360. The van der Waals surface area contributed by atoms with E-state index in [0.717, 1.165) is 4.31 Å². The van der Waals surface area contributed by atoms with Gasteiger partial charge in [0.1, 0.15) is 18.4 Å². The van der Waals surface area contributed by atoms with Gasteiger partial charge in [-0.05, 0) is 81.8 Å². The largest absolute Gasteiger partial charge is 0.350 e. The monoisotopic (exact) mass is 559 g/mol. The van der Waals surface area contributed by atoms with E-state index in [2.05, 4.69) is 5.32 Å². The first kappa shape index (κ1) is 29.1. The Labute approximate surface area is 228 Å². The van der Waals surface area contributed by atoms with E-state index in [-0.39, 0.29) is 17.1 Å². The topological polar surface area (TPSA) is 86.8 Å². The smallest absolute Gasteiger partial charge is 0.264 e. The summed E-state index contributed by atoms with van der Waals surface area (Å²) in [6.07, 6.45) is 0. The second-order valence-electron chi connectivity index (χ2n) is 9.86. The molecule has 0 aromatic heterocycles. The standard InChI is InChI=1S/C28H31ClFN3O4S/c1-20(27(35)31-28(2,3)4)32(18-21-10-14-23(30)15-11-21)26(34)19-33(24-16-12-22(29)13-17-24)38(36,37)25-8-6-5-7-9-25/h5-17,20H,18-19H2,1-4H3,(H,31,35)/t20-/m0/s1. The van der Waals surface area contributed by atoms with Crippen LogP contribution in [0.1, 0.15) is 33.3 Å². The summed E-state index contributed by atoms with van der Waals surface area (Å²) >= 11 is 6.02. The van der Waals surface area contributed by atoms with Crippen LogP contribution in [0, 0.1) is 5.82 Å². The van der Waals surface area contributed by atoms with E-state index in [9.17, 15) is 22.4 Å². The van der Waals surface area contributed by atoms with Gasteiger partial charge in [0.2, 0.25) is 11.8 Å². The fourth-order valence-electron chi connectivity index (χ4n) is 3.70. The van der Waals surface area contributed by atoms with Crippen LogP contribution in [0.2, 0.25) is 5.02 Å². The highest BCUT2D eigenvalue weighted by Gasteiger charge is 2.33. The predicted octanol–water partition coefficient (Wildman–Crippen LogP) is 5.01. The minimum absolute atomic E-state index is 0.00589. The van der Waals surface area contributed by atoms with Crippen molar-refractivity contribution in [2.75, 3.05) is 10.8 Å². The first-order chi connectivity index (χ1) is 17.8. The number of carbonyl (C=O) groups excluding carboxylic acids is 2. The fraction of sp³-hybridized carbons (Fsp3) is 0.286. The Balaban J connectivity index is 2.01. The van der Waals surface area contributed by atoms with E-state index in [1.165, 1.54) is 65.6 Å². The van der Waals surface area contributed by atoms with Crippen LogP contribution in [0.5, 0.6) is 0 Å². The molecule has 1 atom stereocenters. The fourth-order valence-corrected chi connectivity index (χ4v) is 5.26. The van der Waals surface area contributed by atoms with E-state index in [0.29, 0.717) is 10.6 Å². The molecule has 7 nitrogen and oxygen atoms in total. The molecule has 0 unspecified atom stereocenters. The molecule has 10 heteroatoms. The van der Waals surface area contributed by atoms with Gasteiger partial charge in [-0.25, -0.2) is 12.8 Å². The summed E-state index contributed by atoms with van der Waals surface area (Å²) < 4.78 is 41.8. The van der Waals surface area contributed by atoms with E-state index in [1.807, 2.05) is 20.8 Å². The molecule has 0 aliphatic carbocycles. The van der Waals surface area contributed by atoms with Crippen molar-refractivity contribution >= 4 is 39.1 Å². The summed E-state index contributed by atoms with van der Waals surface area (Å²) in [4.78, 5) is 28.1. The Morgan fingerprint density at radius 1 is 0.947 bits per heavy atom. The molecule has 0 saturated heterocycles. The van der Waals surface area contributed by atoms with Crippen LogP contribution in [-0.4, -0.2) is 43.3 Å². The summed E-state index contributed by atoms with van der Waals surface area (Å²) in [5.74, 6) is -1.45. The predicted molar refractivity (Wildman–Crippen MR) is 147 cm³/mol. The summed E-state index contributed by atoms with van der Waals surface area (Å²) in [6, 6.07) is 18.5. The number of anilines is 1. The third-order valence-electron chi connectivity index (χ3n) is 5.66. The number of rotatable bonds is 9. The number of hydrogen-bond acceptors (Lipinski definition) is 4. The molecule has 0 aliphatic rings. The minimum atomic E-state index is -4.16. The Morgan fingerprint density at radius 2 is 1.53 bits per heavy atom. The number of benzene rings is 3. The Hall–Kier alpha value is -3.43. The van der Waals surface area contributed by atoms with E-state index >= 15 is 0 Å². The summed E-state index contributed by atoms with van der Waals surface area (Å²) in [5.41, 5.74) is 0.265. The van der Waals surface area contributed by atoms with Gasteiger partial charge < -0.3 is 10.2 Å². The van der Waals surface area contributed by atoms with E-state index in [4.69, 9.17) is 11.6 Å². The number of amides is 2. The first-order valence-electron chi connectivity index (χ1n) is 12.0. The molecule has 3 aromatic carbocycles. The van der Waals surface area contributed by atoms with Gasteiger partial charge in [-0.15, -0.1) is 0 Å². The van der Waals surface area contributed by atoms with Crippen LogP contribution in [0.25, 0.3) is 0 Å². The van der Waals surface area contributed by atoms with Gasteiger partial charge in [0.15, 0.2) is 0 Å². The highest BCUT2D eigenvalue weighted by molar-refractivity contribution is 7.92. The number of nitrogens with zero attached hydrogens (tertiary/aromatic N) is 2. The van der Waals surface area contributed by atoms with Crippen LogP contribution in [0.15, 0.2) is 83.8 Å². The summed E-state index contributed by atoms with van der Waals surface area (Å²) in [5, 5.41) is 3.26.